The van der Waals surface area contributed by atoms with E-state index in [0.717, 1.165) is 25.7 Å². The SMILES string of the molecule is CCOc1ccc(NC(=O)[C@@H]2[C@H]3C(=O)N([C@@H](CO)C(C)C)C(C(=O)NC4CCCCC4)C34CC[C@H]2O4)cc1. The number of fused-ring (bicyclic) bond motifs is 1. The van der Waals surface area contributed by atoms with Crippen LogP contribution in [0.25, 0.3) is 0 Å². The number of hydrogen-bond acceptors (Lipinski definition) is 6. The van der Waals surface area contributed by atoms with Crippen molar-refractivity contribution < 1.29 is 29.0 Å². The Bertz CT molecular complexity index is 1040. The number of benzene rings is 1. The summed E-state index contributed by atoms with van der Waals surface area (Å²) in [5, 5.41) is 16.5. The molecule has 9 heteroatoms. The Morgan fingerprint density at radius 2 is 1.84 bits per heavy atom. The first-order valence-corrected chi connectivity index (χ1v) is 14.3. The van der Waals surface area contributed by atoms with E-state index in [0.29, 0.717) is 30.9 Å². The van der Waals surface area contributed by atoms with Crippen LogP contribution >= 0.6 is 0 Å². The number of carbonyl (C=O) groups excluding carboxylic acids is 3. The molecule has 208 valence electrons. The largest absolute Gasteiger partial charge is 0.494 e. The van der Waals surface area contributed by atoms with Crippen molar-refractivity contribution in [2.75, 3.05) is 18.5 Å². The summed E-state index contributed by atoms with van der Waals surface area (Å²) in [4.78, 5) is 43.2. The highest BCUT2D eigenvalue weighted by Crippen LogP contribution is 2.59. The van der Waals surface area contributed by atoms with Crippen molar-refractivity contribution in [3.05, 3.63) is 24.3 Å². The average Bonchev–Trinajstić information content (AvgIpc) is 3.54. The van der Waals surface area contributed by atoms with Gasteiger partial charge in [-0.1, -0.05) is 33.1 Å². The molecule has 0 aromatic heterocycles. The number of ether oxygens (including phenoxy) is 2. The van der Waals surface area contributed by atoms with E-state index in [1.807, 2.05) is 20.8 Å². The van der Waals surface area contributed by atoms with Gasteiger partial charge in [0.25, 0.3) is 0 Å². The highest BCUT2D eigenvalue weighted by Gasteiger charge is 2.75. The fourth-order valence-corrected chi connectivity index (χ4v) is 7.22. The van der Waals surface area contributed by atoms with Gasteiger partial charge in [0, 0.05) is 11.7 Å². The van der Waals surface area contributed by atoms with Crippen LogP contribution in [0.5, 0.6) is 5.75 Å². The molecular formula is C29H41N3O6. The highest BCUT2D eigenvalue weighted by atomic mass is 16.5. The first-order valence-electron chi connectivity index (χ1n) is 14.3. The summed E-state index contributed by atoms with van der Waals surface area (Å²) >= 11 is 0. The zero-order valence-electron chi connectivity index (χ0n) is 22.7. The molecule has 2 unspecified atom stereocenters. The van der Waals surface area contributed by atoms with E-state index in [2.05, 4.69) is 10.6 Å². The minimum Gasteiger partial charge on any atom is -0.494 e. The summed E-state index contributed by atoms with van der Waals surface area (Å²) in [7, 11) is 0. The van der Waals surface area contributed by atoms with E-state index in [4.69, 9.17) is 9.47 Å². The van der Waals surface area contributed by atoms with Gasteiger partial charge in [-0.25, -0.2) is 0 Å². The molecule has 1 aliphatic carbocycles. The number of anilines is 1. The van der Waals surface area contributed by atoms with Gasteiger partial charge in [0.2, 0.25) is 17.7 Å². The maximum Gasteiger partial charge on any atom is 0.246 e. The summed E-state index contributed by atoms with van der Waals surface area (Å²) < 4.78 is 12.0. The number of rotatable bonds is 9. The Morgan fingerprint density at radius 3 is 2.47 bits per heavy atom. The maximum atomic E-state index is 14.1. The van der Waals surface area contributed by atoms with Crippen LogP contribution in [0.4, 0.5) is 5.69 Å². The molecule has 1 spiro atoms. The number of hydrogen-bond donors (Lipinski definition) is 3. The van der Waals surface area contributed by atoms with E-state index in [-0.39, 0.29) is 36.3 Å². The molecule has 3 heterocycles. The van der Waals surface area contributed by atoms with Crippen LogP contribution in [0, 0.1) is 17.8 Å². The Hall–Kier alpha value is -2.65. The number of amides is 3. The zero-order valence-corrected chi connectivity index (χ0v) is 22.7. The highest BCUT2D eigenvalue weighted by molar-refractivity contribution is 6.02. The molecule has 1 aromatic rings. The van der Waals surface area contributed by atoms with Crippen molar-refractivity contribution in [1.82, 2.24) is 10.2 Å². The predicted octanol–water partition coefficient (Wildman–Crippen LogP) is 2.86. The molecule has 9 nitrogen and oxygen atoms in total. The molecule has 2 bridgehead atoms. The Morgan fingerprint density at radius 1 is 1.13 bits per heavy atom. The van der Waals surface area contributed by atoms with Crippen LogP contribution in [-0.4, -0.2) is 70.8 Å². The lowest BCUT2D eigenvalue weighted by molar-refractivity contribution is -0.146. The first kappa shape index (κ1) is 26.9. The normalized spacial score (nSPS) is 31.4. The molecule has 4 aliphatic rings. The number of aliphatic hydroxyl groups is 1. The van der Waals surface area contributed by atoms with Crippen molar-refractivity contribution in [1.29, 1.82) is 0 Å². The lowest BCUT2D eigenvalue weighted by Gasteiger charge is -2.39. The summed E-state index contributed by atoms with van der Waals surface area (Å²) in [6.45, 7) is 6.07. The van der Waals surface area contributed by atoms with E-state index >= 15 is 0 Å². The second kappa shape index (κ2) is 10.8. The number of nitrogens with zero attached hydrogens (tertiary/aromatic N) is 1. The zero-order chi connectivity index (χ0) is 27.0. The standard InChI is InChI=1S/C29H41N3O6/c1-4-37-20-12-10-19(11-13-20)30-26(34)23-22-14-15-29(38-22)24(23)28(36)32(21(16-33)17(2)3)25(29)27(35)31-18-8-6-5-7-9-18/h10-13,17-18,21-25,33H,4-9,14-16H2,1-3H3,(H,30,34)(H,31,35)/t21-,22+,23-,24-,25?,29?/m0/s1. The Kier molecular flexibility index (Phi) is 7.69. The number of aliphatic hydroxyl groups excluding tert-OH is 1. The quantitative estimate of drug-likeness (QED) is 0.455. The molecule has 3 N–H and O–H groups in total. The van der Waals surface area contributed by atoms with Gasteiger partial charge in [-0.15, -0.1) is 0 Å². The van der Waals surface area contributed by atoms with Gasteiger partial charge in [-0.2, -0.15) is 0 Å². The Balaban J connectivity index is 1.43. The second-order valence-corrected chi connectivity index (χ2v) is 11.6. The fraction of sp³-hybridized carbons (Fsp3) is 0.690. The van der Waals surface area contributed by atoms with Crippen molar-refractivity contribution in [2.45, 2.75) is 95.5 Å². The molecule has 1 saturated carbocycles. The number of carbonyl (C=O) groups is 3. The maximum absolute atomic E-state index is 14.1. The van der Waals surface area contributed by atoms with E-state index < -0.39 is 35.6 Å². The molecule has 1 aromatic carbocycles. The van der Waals surface area contributed by atoms with E-state index in [1.54, 1.807) is 29.2 Å². The third kappa shape index (κ3) is 4.57. The monoisotopic (exact) mass is 527 g/mol. The van der Waals surface area contributed by atoms with Crippen LogP contribution in [0.2, 0.25) is 0 Å². The summed E-state index contributed by atoms with van der Waals surface area (Å²) in [5.41, 5.74) is -0.455. The van der Waals surface area contributed by atoms with Gasteiger partial charge in [0.05, 0.1) is 37.2 Å². The fourth-order valence-electron chi connectivity index (χ4n) is 7.22. The molecule has 4 fully saturated rings. The number of nitrogens with one attached hydrogen (secondary N) is 2. The van der Waals surface area contributed by atoms with Crippen molar-refractivity contribution in [2.24, 2.45) is 17.8 Å². The van der Waals surface area contributed by atoms with Gasteiger partial charge in [0.1, 0.15) is 17.4 Å². The second-order valence-electron chi connectivity index (χ2n) is 11.6. The van der Waals surface area contributed by atoms with Gasteiger partial charge in [-0.05, 0) is 62.8 Å². The van der Waals surface area contributed by atoms with Crippen LogP contribution in [0.1, 0.15) is 65.7 Å². The van der Waals surface area contributed by atoms with Crippen LogP contribution in [-0.2, 0) is 19.1 Å². The van der Waals surface area contributed by atoms with Crippen molar-refractivity contribution in [3.63, 3.8) is 0 Å². The molecule has 3 amide bonds. The molecule has 6 atom stereocenters. The molecule has 38 heavy (non-hydrogen) atoms. The third-order valence-electron chi connectivity index (χ3n) is 8.99. The van der Waals surface area contributed by atoms with Crippen LogP contribution < -0.4 is 15.4 Å². The molecular weight excluding hydrogens is 486 g/mol. The van der Waals surface area contributed by atoms with Crippen molar-refractivity contribution >= 4 is 23.4 Å². The van der Waals surface area contributed by atoms with E-state index in [1.165, 1.54) is 6.42 Å². The van der Waals surface area contributed by atoms with Gasteiger partial charge in [0.15, 0.2) is 0 Å². The summed E-state index contributed by atoms with van der Waals surface area (Å²) in [6, 6.07) is 5.80. The average molecular weight is 528 g/mol. The van der Waals surface area contributed by atoms with Gasteiger partial charge in [-0.3, -0.25) is 14.4 Å². The molecule has 5 rings (SSSR count). The first-order chi connectivity index (χ1) is 18.3. The third-order valence-corrected chi connectivity index (χ3v) is 8.99. The summed E-state index contributed by atoms with van der Waals surface area (Å²) in [5.74, 6) is -1.60. The van der Waals surface area contributed by atoms with Gasteiger partial charge < -0.3 is 30.1 Å². The molecule has 3 aliphatic heterocycles. The minimum atomic E-state index is -1.07. The Labute approximate surface area is 224 Å². The lowest BCUT2D eigenvalue weighted by atomic mass is 9.70. The number of likely N-dealkylation sites (tertiary alicyclic amines) is 1. The van der Waals surface area contributed by atoms with Gasteiger partial charge >= 0.3 is 0 Å². The smallest absolute Gasteiger partial charge is 0.246 e. The van der Waals surface area contributed by atoms with E-state index in [9.17, 15) is 19.5 Å². The van der Waals surface area contributed by atoms with Crippen molar-refractivity contribution in [3.8, 4) is 5.75 Å². The molecule has 0 radical (unpaired) electrons. The predicted molar refractivity (Wildman–Crippen MR) is 141 cm³/mol. The lowest BCUT2D eigenvalue weighted by Crippen LogP contribution is -2.60. The minimum absolute atomic E-state index is 0.0718. The topological polar surface area (TPSA) is 117 Å². The van der Waals surface area contributed by atoms with Crippen LogP contribution in [0.3, 0.4) is 0 Å². The summed E-state index contributed by atoms with van der Waals surface area (Å²) in [6.07, 6.45) is 5.88. The van der Waals surface area contributed by atoms with Crippen LogP contribution in [0.15, 0.2) is 24.3 Å². The molecule has 3 saturated heterocycles.